The van der Waals surface area contributed by atoms with Crippen LogP contribution < -0.4 is 10.6 Å². The van der Waals surface area contributed by atoms with Crippen molar-refractivity contribution in [2.45, 2.75) is 25.6 Å². The van der Waals surface area contributed by atoms with Gasteiger partial charge >= 0.3 is 0 Å². The molecular formula is C13H16N2O3S. The number of benzene rings is 1. The molecular weight excluding hydrogens is 264 g/mol. The van der Waals surface area contributed by atoms with Crippen LogP contribution in [-0.2, 0) is 22.9 Å². The van der Waals surface area contributed by atoms with Crippen LogP contribution >= 0.6 is 0 Å². The fourth-order valence-corrected chi connectivity index (χ4v) is 4.29. The van der Waals surface area contributed by atoms with Gasteiger partial charge in [0.1, 0.15) is 0 Å². The molecule has 1 aromatic rings. The van der Waals surface area contributed by atoms with Crippen LogP contribution in [0.1, 0.15) is 27.9 Å². The molecule has 1 unspecified atom stereocenters. The van der Waals surface area contributed by atoms with Gasteiger partial charge in [0.15, 0.2) is 9.84 Å². The Kier molecular flexibility index (Phi) is 3.06. The topological polar surface area (TPSA) is 75.3 Å². The van der Waals surface area contributed by atoms with E-state index in [0.29, 0.717) is 12.0 Å². The molecule has 2 aliphatic rings. The molecule has 102 valence electrons. The summed E-state index contributed by atoms with van der Waals surface area (Å²) in [6.45, 7) is 1.63. The summed E-state index contributed by atoms with van der Waals surface area (Å²) in [5, 5.41) is 6.03. The van der Waals surface area contributed by atoms with E-state index in [0.717, 1.165) is 18.7 Å². The Morgan fingerprint density at radius 1 is 1.26 bits per heavy atom. The Bertz CT molecular complexity index is 625. The van der Waals surface area contributed by atoms with E-state index >= 15 is 0 Å². The minimum Gasteiger partial charge on any atom is -0.348 e. The van der Waals surface area contributed by atoms with Crippen LogP contribution in [0.4, 0.5) is 0 Å². The highest BCUT2D eigenvalue weighted by Crippen LogP contribution is 2.18. The lowest BCUT2D eigenvalue weighted by Gasteiger charge is -2.11. The van der Waals surface area contributed by atoms with Crippen molar-refractivity contribution >= 4 is 15.7 Å². The molecule has 1 fully saturated rings. The van der Waals surface area contributed by atoms with Gasteiger partial charge in [0.2, 0.25) is 0 Å². The average molecular weight is 280 g/mol. The van der Waals surface area contributed by atoms with Crippen LogP contribution in [0.25, 0.3) is 0 Å². The zero-order valence-corrected chi connectivity index (χ0v) is 11.3. The molecule has 0 aliphatic carbocycles. The van der Waals surface area contributed by atoms with Crippen LogP contribution in [0.2, 0.25) is 0 Å². The van der Waals surface area contributed by atoms with Gasteiger partial charge in [0.25, 0.3) is 5.91 Å². The molecule has 0 radical (unpaired) electrons. The highest BCUT2D eigenvalue weighted by Gasteiger charge is 2.29. The summed E-state index contributed by atoms with van der Waals surface area (Å²) in [5.41, 5.74) is 2.97. The highest BCUT2D eigenvalue weighted by atomic mass is 32.2. The lowest BCUT2D eigenvalue weighted by molar-refractivity contribution is 0.0941. The van der Waals surface area contributed by atoms with Gasteiger partial charge in [0.05, 0.1) is 11.5 Å². The van der Waals surface area contributed by atoms with Crippen molar-refractivity contribution in [2.24, 2.45) is 0 Å². The maximum absolute atomic E-state index is 12.1. The molecule has 0 spiro atoms. The monoisotopic (exact) mass is 280 g/mol. The summed E-state index contributed by atoms with van der Waals surface area (Å²) in [6.07, 6.45) is 0.514. The molecule has 2 N–H and O–H groups in total. The summed E-state index contributed by atoms with van der Waals surface area (Å²) in [4.78, 5) is 12.1. The molecule has 6 heteroatoms. The van der Waals surface area contributed by atoms with E-state index in [9.17, 15) is 13.2 Å². The number of nitrogens with one attached hydrogen (secondary N) is 2. The SMILES string of the molecule is O=C(NC1CCS(=O)(=O)C1)c1ccc2c(c1)CNC2. The third kappa shape index (κ3) is 2.64. The predicted octanol–water partition coefficient (Wildman–Crippen LogP) is 0.207. The van der Waals surface area contributed by atoms with Gasteiger partial charge in [0, 0.05) is 24.7 Å². The van der Waals surface area contributed by atoms with Crippen LogP contribution in [0.15, 0.2) is 18.2 Å². The Labute approximate surface area is 112 Å². The Morgan fingerprint density at radius 3 is 2.79 bits per heavy atom. The molecule has 19 heavy (non-hydrogen) atoms. The van der Waals surface area contributed by atoms with Crippen LogP contribution in [0.5, 0.6) is 0 Å². The van der Waals surface area contributed by atoms with Crippen molar-refractivity contribution in [3.63, 3.8) is 0 Å². The standard InChI is InChI=1S/C13H16N2O3S/c16-13(15-12-3-4-19(17,18)8-12)9-1-2-10-6-14-7-11(10)5-9/h1-2,5,12,14H,3-4,6-8H2,(H,15,16). The van der Waals surface area contributed by atoms with Crippen LogP contribution in [-0.4, -0.2) is 31.9 Å². The molecule has 0 bridgehead atoms. The van der Waals surface area contributed by atoms with E-state index in [1.165, 1.54) is 5.56 Å². The number of hydrogen-bond donors (Lipinski definition) is 2. The van der Waals surface area contributed by atoms with E-state index in [4.69, 9.17) is 0 Å². The number of hydrogen-bond acceptors (Lipinski definition) is 4. The Hall–Kier alpha value is -1.40. The van der Waals surface area contributed by atoms with E-state index in [2.05, 4.69) is 10.6 Å². The lowest BCUT2D eigenvalue weighted by atomic mass is 10.1. The molecule has 0 saturated carbocycles. The highest BCUT2D eigenvalue weighted by molar-refractivity contribution is 7.91. The zero-order chi connectivity index (χ0) is 13.5. The number of rotatable bonds is 2. The molecule has 1 saturated heterocycles. The largest absolute Gasteiger partial charge is 0.348 e. The second-order valence-electron chi connectivity index (χ2n) is 5.16. The van der Waals surface area contributed by atoms with Crippen LogP contribution in [0, 0.1) is 0 Å². The fraction of sp³-hybridized carbons (Fsp3) is 0.462. The number of carbonyl (C=O) groups is 1. The molecule has 1 aromatic carbocycles. The summed E-state index contributed by atoms with van der Waals surface area (Å²) in [5.74, 6) is 0.0499. The first-order chi connectivity index (χ1) is 9.03. The second kappa shape index (κ2) is 4.61. The molecule has 1 amide bonds. The second-order valence-corrected chi connectivity index (χ2v) is 7.39. The number of sulfone groups is 1. The summed E-state index contributed by atoms with van der Waals surface area (Å²) in [7, 11) is -2.96. The molecule has 1 atom stereocenters. The fourth-order valence-electron chi connectivity index (χ4n) is 2.61. The number of fused-ring (bicyclic) bond motifs is 1. The smallest absolute Gasteiger partial charge is 0.251 e. The van der Waals surface area contributed by atoms with Gasteiger partial charge in [-0.3, -0.25) is 4.79 Å². The summed E-state index contributed by atoms with van der Waals surface area (Å²) >= 11 is 0. The van der Waals surface area contributed by atoms with E-state index in [-0.39, 0.29) is 23.5 Å². The van der Waals surface area contributed by atoms with Crippen molar-refractivity contribution < 1.29 is 13.2 Å². The van der Waals surface area contributed by atoms with Gasteiger partial charge in [-0.25, -0.2) is 8.42 Å². The normalized spacial score (nSPS) is 24.1. The van der Waals surface area contributed by atoms with Gasteiger partial charge < -0.3 is 10.6 Å². The van der Waals surface area contributed by atoms with Crippen molar-refractivity contribution in [3.8, 4) is 0 Å². The molecule has 3 rings (SSSR count). The number of amides is 1. The van der Waals surface area contributed by atoms with E-state index < -0.39 is 9.84 Å². The molecule has 2 heterocycles. The van der Waals surface area contributed by atoms with Crippen molar-refractivity contribution in [3.05, 3.63) is 34.9 Å². The van der Waals surface area contributed by atoms with Gasteiger partial charge in [-0.15, -0.1) is 0 Å². The molecule has 5 nitrogen and oxygen atoms in total. The first kappa shape index (κ1) is 12.6. The van der Waals surface area contributed by atoms with Gasteiger partial charge in [-0.2, -0.15) is 0 Å². The lowest BCUT2D eigenvalue weighted by Crippen LogP contribution is -2.35. The quantitative estimate of drug-likeness (QED) is 0.812. The third-order valence-corrected chi connectivity index (χ3v) is 5.43. The average Bonchev–Trinajstić information content (AvgIpc) is 2.94. The summed E-state index contributed by atoms with van der Waals surface area (Å²) < 4.78 is 22.7. The Morgan fingerprint density at radius 2 is 2.05 bits per heavy atom. The van der Waals surface area contributed by atoms with Crippen molar-refractivity contribution in [1.82, 2.24) is 10.6 Å². The third-order valence-electron chi connectivity index (χ3n) is 3.67. The number of carbonyl (C=O) groups excluding carboxylic acids is 1. The molecule has 2 aliphatic heterocycles. The minimum atomic E-state index is -2.96. The van der Waals surface area contributed by atoms with E-state index in [1.54, 1.807) is 6.07 Å². The predicted molar refractivity (Wildman–Crippen MR) is 71.5 cm³/mol. The van der Waals surface area contributed by atoms with Crippen LogP contribution in [0.3, 0.4) is 0 Å². The summed E-state index contributed by atoms with van der Waals surface area (Å²) in [6, 6.07) is 5.39. The first-order valence-corrected chi connectivity index (χ1v) is 8.19. The van der Waals surface area contributed by atoms with Gasteiger partial charge in [-0.05, 0) is 29.7 Å². The maximum Gasteiger partial charge on any atom is 0.251 e. The maximum atomic E-state index is 12.1. The zero-order valence-electron chi connectivity index (χ0n) is 10.5. The minimum absolute atomic E-state index is 0.0608. The molecule has 0 aromatic heterocycles. The first-order valence-electron chi connectivity index (χ1n) is 6.37. The van der Waals surface area contributed by atoms with Crippen molar-refractivity contribution in [2.75, 3.05) is 11.5 Å². The van der Waals surface area contributed by atoms with E-state index in [1.807, 2.05) is 12.1 Å². The van der Waals surface area contributed by atoms with Gasteiger partial charge in [-0.1, -0.05) is 6.07 Å². The Balaban J connectivity index is 1.71. The van der Waals surface area contributed by atoms with Crippen molar-refractivity contribution in [1.29, 1.82) is 0 Å².